The number of hydrogen-bond acceptors (Lipinski definition) is 2. The van der Waals surface area contributed by atoms with E-state index in [9.17, 15) is 4.79 Å². The Morgan fingerprint density at radius 3 is 2.39 bits per heavy atom. The van der Waals surface area contributed by atoms with Gasteiger partial charge in [0, 0.05) is 17.6 Å². The quantitative estimate of drug-likeness (QED) is 0.793. The van der Waals surface area contributed by atoms with Gasteiger partial charge in [-0.3, -0.25) is 4.79 Å². The summed E-state index contributed by atoms with van der Waals surface area (Å²) in [7, 11) is 0. The van der Waals surface area contributed by atoms with E-state index in [1.165, 1.54) is 6.42 Å². The zero-order chi connectivity index (χ0) is 16.6. The number of hydrogen-bond donors (Lipinski definition) is 0. The molecule has 2 atom stereocenters. The Kier molecular flexibility index (Phi) is 4.57. The van der Waals surface area contributed by atoms with Crippen molar-refractivity contribution in [3.63, 3.8) is 0 Å². The highest BCUT2D eigenvalue weighted by Gasteiger charge is 2.28. The molecule has 1 amide bonds. The summed E-state index contributed by atoms with van der Waals surface area (Å²) in [4.78, 5) is 14.9. The summed E-state index contributed by atoms with van der Waals surface area (Å²) in [5, 5.41) is 4.42. The van der Waals surface area contributed by atoms with Crippen molar-refractivity contribution in [2.45, 2.75) is 27.2 Å². The fourth-order valence-corrected chi connectivity index (χ4v) is 3.73. The number of likely N-dealkylation sites (tertiary alicyclic amines) is 1. The van der Waals surface area contributed by atoms with Crippen LogP contribution in [0.5, 0.6) is 0 Å². The summed E-state index contributed by atoms with van der Waals surface area (Å²) >= 11 is 3.44. The molecule has 0 saturated carbocycles. The Morgan fingerprint density at radius 2 is 1.78 bits per heavy atom. The molecule has 23 heavy (non-hydrogen) atoms. The van der Waals surface area contributed by atoms with Gasteiger partial charge in [0.1, 0.15) is 0 Å². The molecule has 1 aliphatic heterocycles. The highest BCUT2D eigenvalue weighted by atomic mass is 79.9. The molecule has 0 radical (unpaired) electrons. The van der Waals surface area contributed by atoms with Crippen LogP contribution in [0.1, 0.15) is 36.3 Å². The molecule has 4 nitrogen and oxygen atoms in total. The average Bonchev–Trinajstić information content (AvgIpc) is 2.88. The van der Waals surface area contributed by atoms with Crippen molar-refractivity contribution in [3.8, 4) is 5.69 Å². The molecule has 0 aliphatic carbocycles. The fraction of sp³-hybridized carbons (Fsp3) is 0.444. The van der Waals surface area contributed by atoms with Crippen LogP contribution in [0, 0.1) is 18.8 Å². The number of halogens is 1. The molecular weight excluding hydrogens is 354 g/mol. The second kappa shape index (κ2) is 6.48. The van der Waals surface area contributed by atoms with Crippen molar-refractivity contribution in [3.05, 3.63) is 46.2 Å². The minimum Gasteiger partial charge on any atom is -0.338 e. The fourth-order valence-electron chi connectivity index (χ4n) is 3.46. The molecule has 3 rings (SSSR count). The van der Waals surface area contributed by atoms with Crippen LogP contribution < -0.4 is 0 Å². The molecule has 2 aromatic rings. The van der Waals surface area contributed by atoms with Crippen molar-refractivity contribution >= 4 is 21.8 Å². The van der Waals surface area contributed by atoms with E-state index >= 15 is 0 Å². The van der Waals surface area contributed by atoms with Crippen molar-refractivity contribution in [1.29, 1.82) is 0 Å². The Hall–Kier alpha value is -1.62. The maximum absolute atomic E-state index is 12.9. The van der Waals surface area contributed by atoms with Crippen molar-refractivity contribution in [2.24, 2.45) is 11.8 Å². The van der Waals surface area contributed by atoms with Crippen LogP contribution in [0.4, 0.5) is 0 Å². The van der Waals surface area contributed by atoms with Crippen LogP contribution in [0.2, 0.25) is 0 Å². The Balaban J connectivity index is 1.86. The molecule has 2 heterocycles. The molecule has 0 spiro atoms. The van der Waals surface area contributed by atoms with Crippen LogP contribution in [0.15, 0.2) is 34.9 Å². The highest BCUT2D eigenvalue weighted by Crippen LogP contribution is 2.24. The Bertz CT molecular complexity index is 698. The molecule has 0 bridgehead atoms. The number of aromatic nitrogens is 2. The monoisotopic (exact) mass is 375 g/mol. The van der Waals surface area contributed by atoms with Gasteiger partial charge < -0.3 is 4.90 Å². The first-order valence-corrected chi connectivity index (χ1v) is 8.85. The predicted molar refractivity (Wildman–Crippen MR) is 94.8 cm³/mol. The molecule has 1 fully saturated rings. The van der Waals surface area contributed by atoms with Crippen LogP contribution in [-0.4, -0.2) is 33.7 Å². The number of piperidine rings is 1. The van der Waals surface area contributed by atoms with Gasteiger partial charge in [-0.1, -0.05) is 29.8 Å². The molecular formula is C18H22BrN3O. The number of rotatable bonds is 2. The van der Waals surface area contributed by atoms with Crippen molar-refractivity contribution in [1.82, 2.24) is 14.7 Å². The normalized spacial score (nSPS) is 21.5. The van der Waals surface area contributed by atoms with Gasteiger partial charge in [0.15, 0.2) is 0 Å². The van der Waals surface area contributed by atoms with E-state index in [0.717, 1.165) is 28.9 Å². The molecule has 1 aromatic heterocycles. The van der Waals surface area contributed by atoms with Crippen LogP contribution >= 0.6 is 15.9 Å². The van der Waals surface area contributed by atoms with Gasteiger partial charge in [-0.15, -0.1) is 0 Å². The van der Waals surface area contributed by atoms with E-state index in [0.29, 0.717) is 17.4 Å². The van der Waals surface area contributed by atoms with Gasteiger partial charge in [-0.05, 0) is 49.4 Å². The van der Waals surface area contributed by atoms with E-state index in [4.69, 9.17) is 0 Å². The van der Waals surface area contributed by atoms with E-state index < -0.39 is 0 Å². The zero-order valence-electron chi connectivity index (χ0n) is 13.8. The van der Waals surface area contributed by atoms with E-state index in [2.05, 4.69) is 34.9 Å². The summed E-state index contributed by atoms with van der Waals surface area (Å²) in [6.45, 7) is 8.07. The maximum atomic E-state index is 12.9. The first-order chi connectivity index (χ1) is 11.0. The third-order valence-electron chi connectivity index (χ3n) is 4.47. The van der Waals surface area contributed by atoms with Gasteiger partial charge in [-0.2, -0.15) is 5.10 Å². The number of carbonyl (C=O) groups excluding carboxylic acids is 1. The number of nitrogens with zero attached hydrogens (tertiary/aromatic N) is 3. The first kappa shape index (κ1) is 16.2. The smallest absolute Gasteiger partial charge is 0.257 e. The maximum Gasteiger partial charge on any atom is 0.257 e. The van der Waals surface area contributed by atoms with Gasteiger partial charge in [0.05, 0.1) is 23.1 Å². The lowest BCUT2D eigenvalue weighted by Crippen LogP contribution is -2.42. The topological polar surface area (TPSA) is 38.1 Å². The molecule has 0 N–H and O–H groups in total. The molecule has 5 heteroatoms. The summed E-state index contributed by atoms with van der Waals surface area (Å²) < 4.78 is 2.86. The minimum absolute atomic E-state index is 0.101. The molecule has 1 aliphatic rings. The molecule has 2 unspecified atom stereocenters. The van der Waals surface area contributed by atoms with Crippen molar-refractivity contribution in [2.75, 3.05) is 13.1 Å². The standard InChI is InChI=1S/C18H22BrN3O/c1-12-8-13(2)11-21(10-12)18(23)17-9-20-22(14(17)3)16-6-4-15(19)5-7-16/h4-7,9,12-13H,8,10-11H2,1-3H3. The second-order valence-corrected chi connectivity index (χ2v) is 7.60. The number of amides is 1. The second-order valence-electron chi connectivity index (χ2n) is 6.69. The molecule has 1 saturated heterocycles. The number of benzene rings is 1. The third kappa shape index (κ3) is 3.34. The van der Waals surface area contributed by atoms with E-state index in [1.807, 2.05) is 40.8 Å². The van der Waals surface area contributed by atoms with Gasteiger partial charge in [0.25, 0.3) is 5.91 Å². The average molecular weight is 376 g/mol. The highest BCUT2D eigenvalue weighted by molar-refractivity contribution is 9.10. The van der Waals surface area contributed by atoms with Gasteiger partial charge in [-0.25, -0.2) is 4.68 Å². The predicted octanol–water partition coefficient (Wildman–Crippen LogP) is 4.06. The van der Waals surface area contributed by atoms with E-state index in [-0.39, 0.29) is 5.91 Å². The molecule has 1 aromatic carbocycles. The van der Waals surface area contributed by atoms with Crippen LogP contribution in [0.3, 0.4) is 0 Å². The largest absolute Gasteiger partial charge is 0.338 e. The lowest BCUT2D eigenvalue weighted by Gasteiger charge is -2.34. The van der Waals surface area contributed by atoms with E-state index in [1.54, 1.807) is 6.20 Å². The number of carbonyl (C=O) groups is 1. The van der Waals surface area contributed by atoms with Gasteiger partial charge in [0.2, 0.25) is 0 Å². The third-order valence-corrected chi connectivity index (χ3v) is 5.00. The van der Waals surface area contributed by atoms with Crippen LogP contribution in [-0.2, 0) is 0 Å². The van der Waals surface area contributed by atoms with Crippen molar-refractivity contribution < 1.29 is 4.79 Å². The Morgan fingerprint density at radius 1 is 1.17 bits per heavy atom. The zero-order valence-corrected chi connectivity index (χ0v) is 15.4. The van der Waals surface area contributed by atoms with Crippen LogP contribution in [0.25, 0.3) is 5.69 Å². The summed E-state index contributed by atoms with van der Waals surface area (Å²) in [5.74, 6) is 1.22. The summed E-state index contributed by atoms with van der Waals surface area (Å²) in [6, 6.07) is 7.94. The lowest BCUT2D eigenvalue weighted by molar-refractivity contribution is 0.0622. The SMILES string of the molecule is Cc1c(C(=O)N2CC(C)CC(C)C2)cnn1-c1ccc(Br)cc1. The Labute approximate surface area is 145 Å². The lowest BCUT2D eigenvalue weighted by atomic mass is 9.91. The molecule has 122 valence electrons. The summed E-state index contributed by atoms with van der Waals surface area (Å²) in [6.07, 6.45) is 2.89. The summed E-state index contributed by atoms with van der Waals surface area (Å²) in [5.41, 5.74) is 2.56. The first-order valence-electron chi connectivity index (χ1n) is 8.05. The minimum atomic E-state index is 0.101. The van der Waals surface area contributed by atoms with Gasteiger partial charge >= 0.3 is 0 Å².